The number of aromatic nitrogens is 2. The van der Waals surface area contributed by atoms with Gasteiger partial charge in [0.2, 0.25) is 0 Å². The second-order valence-corrected chi connectivity index (χ2v) is 4.11. The Morgan fingerprint density at radius 2 is 2.24 bits per heavy atom. The van der Waals surface area contributed by atoms with Gasteiger partial charge in [0.15, 0.2) is 0 Å². The third-order valence-electron chi connectivity index (χ3n) is 2.10. The van der Waals surface area contributed by atoms with Crippen LogP contribution in [-0.2, 0) is 11.3 Å². The minimum Gasteiger partial charge on any atom is -0.370 e. The molecule has 0 radical (unpaired) electrons. The zero-order valence-corrected chi connectivity index (χ0v) is 10.1. The number of halogens is 4. The molecular weight excluding hydrogens is 257 g/mol. The maximum atomic E-state index is 11.8. The molecule has 0 bridgehead atoms. The van der Waals surface area contributed by atoms with Crippen molar-refractivity contribution in [3.8, 4) is 0 Å². The van der Waals surface area contributed by atoms with Crippen molar-refractivity contribution in [2.75, 3.05) is 13.2 Å². The Morgan fingerprint density at radius 3 is 2.82 bits per heavy atom. The molecule has 0 spiro atoms. The average molecular weight is 271 g/mol. The fraction of sp³-hybridized carbons (Fsp3) is 0.700. The number of ether oxygens (including phenoxy) is 1. The summed E-state index contributed by atoms with van der Waals surface area (Å²) in [6, 6.07) is 0. The van der Waals surface area contributed by atoms with Crippen LogP contribution in [0.25, 0.3) is 0 Å². The van der Waals surface area contributed by atoms with Crippen molar-refractivity contribution in [3.63, 3.8) is 0 Å². The second kappa shape index (κ2) is 6.26. The number of nitrogens with zero attached hydrogens (tertiary/aromatic N) is 2. The fourth-order valence-corrected chi connectivity index (χ4v) is 1.36. The van der Waals surface area contributed by atoms with Gasteiger partial charge in [-0.25, -0.2) is 0 Å². The Balaban J connectivity index is 2.30. The van der Waals surface area contributed by atoms with Gasteiger partial charge in [-0.15, -0.1) is 11.6 Å². The third kappa shape index (κ3) is 5.41. The molecule has 1 unspecified atom stereocenters. The van der Waals surface area contributed by atoms with Gasteiger partial charge in [0.1, 0.15) is 6.61 Å². The lowest BCUT2D eigenvalue weighted by molar-refractivity contribution is -0.174. The van der Waals surface area contributed by atoms with E-state index >= 15 is 0 Å². The smallest absolute Gasteiger partial charge is 0.370 e. The highest BCUT2D eigenvalue weighted by Gasteiger charge is 2.27. The summed E-state index contributed by atoms with van der Waals surface area (Å²) < 4.78 is 41.3. The highest BCUT2D eigenvalue weighted by atomic mass is 35.5. The molecule has 0 aliphatic heterocycles. The first-order chi connectivity index (χ1) is 7.92. The van der Waals surface area contributed by atoms with Gasteiger partial charge in [-0.05, 0) is 6.42 Å². The molecule has 0 amide bonds. The minimum atomic E-state index is -4.28. The SMILES string of the molecule is CCC(Cl)c1cnn(CCOCC(F)(F)F)c1. The van der Waals surface area contributed by atoms with E-state index in [2.05, 4.69) is 9.84 Å². The molecule has 0 aliphatic carbocycles. The molecule has 1 heterocycles. The van der Waals surface area contributed by atoms with E-state index < -0.39 is 12.8 Å². The number of hydrogen-bond donors (Lipinski definition) is 0. The molecule has 0 aliphatic rings. The van der Waals surface area contributed by atoms with Crippen LogP contribution in [0.15, 0.2) is 12.4 Å². The van der Waals surface area contributed by atoms with Gasteiger partial charge in [-0.2, -0.15) is 18.3 Å². The van der Waals surface area contributed by atoms with Crippen LogP contribution in [0.4, 0.5) is 13.2 Å². The van der Waals surface area contributed by atoms with Crippen LogP contribution in [0.1, 0.15) is 24.3 Å². The lowest BCUT2D eigenvalue weighted by Gasteiger charge is -2.07. The number of rotatable bonds is 6. The Bertz CT molecular complexity index is 341. The summed E-state index contributed by atoms with van der Waals surface area (Å²) in [6.07, 6.45) is -0.167. The van der Waals surface area contributed by atoms with Crippen LogP contribution >= 0.6 is 11.6 Å². The van der Waals surface area contributed by atoms with Crippen molar-refractivity contribution < 1.29 is 17.9 Å². The van der Waals surface area contributed by atoms with E-state index in [-0.39, 0.29) is 18.5 Å². The van der Waals surface area contributed by atoms with Crippen LogP contribution in [0.2, 0.25) is 0 Å². The van der Waals surface area contributed by atoms with E-state index in [1.807, 2.05) is 6.92 Å². The first-order valence-electron chi connectivity index (χ1n) is 5.23. The summed E-state index contributed by atoms with van der Waals surface area (Å²) in [5, 5.41) is 3.88. The van der Waals surface area contributed by atoms with E-state index in [0.717, 1.165) is 12.0 Å². The quantitative estimate of drug-likeness (QED) is 0.586. The molecule has 0 saturated heterocycles. The van der Waals surface area contributed by atoms with E-state index in [9.17, 15) is 13.2 Å². The largest absolute Gasteiger partial charge is 0.411 e. The highest BCUT2D eigenvalue weighted by molar-refractivity contribution is 6.20. The molecule has 0 N–H and O–H groups in total. The molecule has 1 atom stereocenters. The number of hydrogen-bond acceptors (Lipinski definition) is 2. The first kappa shape index (κ1) is 14.3. The maximum Gasteiger partial charge on any atom is 0.411 e. The lowest BCUT2D eigenvalue weighted by atomic mass is 10.2. The normalized spacial score (nSPS) is 13.9. The molecule has 98 valence electrons. The van der Waals surface area contributed by atoms with Gasteiger partial charge >= 0.3 is 6.18 Å². The molecule has 1 aromatic rings. The van der Waals surface area contributed by atoms with Crippen LogP contribution in [0.5, 0.6) is 0 Å². The van der Waals surface area contributed by atoms with E-state index in [4.69, 9.17) is 11.6 Å². The average Bonchev–Trinajstić information content (AvgIpc) is 2.70. The van der Waals surface area contributed by atoms with Crippen molar-refractivity contribution in [3.05, 3.63) is 18.0 Å². The zero-order valence-electron chi connectivity index (χ0n) is 9.38. The van der Waals surface area contributed by atoms with Gasteiger partial charge in [-0.1, -0.05) is 6.92 Å². The van der Waals surface area contributed by atoms with Crippen LogP contribution < -0.4 is 0 Å². The Hall–Kier alpha value is -0.750. The van der Waals surface area contributed by atoms with Crippen LogP contribution in [-0.4, -0.2) is 29.2 Å². The summed E-state index contributed by atoms with van der Waals surface area (Å²) in [5.41, 5.74) is 0.866. The predicted molar refractivity (Wildman–Crippen MR) is 58.0 cm³/mol. The Kier molecular flexibility index (Phi) is 5.27. The summed E-state index contributed by atoms with van der Waals surface area (Å²) in [4.78, 5) is 0. The van der Waals surface area contributed by atoms with Crippen molar-refractivity contribution in [2.24, 2.45) is 0 Å². The van der Waals surface area contributed by atoms with Crippen molar-refractivity contribution >= 4 is 11.6 Å². The lowest BCUT2D eigenvalue weighted by Crippen LogP contribution is -2.19. The van der Waals surface area contributed by atoms with Gasteiger partial charge in [-0.3, -0.25) is 4.68 Å². The highest BCUT2D eigenvalue weighted by Crippen LogP contribution is 2.22. The van der Waals surface area contributed by atoms with Crippen molar-refractivity contribution in [2.45, 2.75) is 31.4 Å². The first-order valence-corrected chi connectivity index (χ1v) is 5.67. The summed E-state index contributed by atoms with van der Waals surface area (Å²) >= 11 is 5.99. The molecule has 0 aromatic carbocycles. The third-order valence-corrected chi connectivity index (χ3v) is 2.66. The maximum absolute atomic E-state index is 11.8. The molecule has 0 saturated carbocycles. The van der Waals surface area contributed by atoms with E-state index in [0.29, 0.717) is 0 Å². The summed E-state index contributed by atoms with van der Waals surface area (Å²) in [6.45, 7) is 0.971. The topological polar surface area (TPSA) is 27.1 Å². The fourth-order valence-electron chi connectivity index (χ4n) is 1.25. The predicted octanol–water partition coefficient (Wildman–Crippen LogP) is 3.15. The molecule has 17 heavy (non-hydrogen) atoms. The monoisotopic (exact) mass is 270 g/mol. The van der Waals surface area contributed by atoms with E-state index in [1.165, 1.54) is 4.68 Å². The molecule has 1 rings (SSSR count). The van der Waals surface area contributed by atoms with Gasteiger partial charge < -0.3 is 4.74 Å². The molecule has 1 aromatic heterocycles. The Labute approximate surface area is 103 Å². The molecule has 0 fully saturated rings. The molecule has 3 nitrogen and oxygen atoms in total. The zero-order chi connectivity index (χ0) is 12.9. The molecule has 7 heteroatoms. The van der Waals surface area contributed by atoms with Gasteiger partial charge in [0.05, 0.1) is 24.7 Å². The van der Waals surface area contributed by atoms with Gasteiger partial charge in [0, 0.05) is 11.8 Å². The van der Waals surface area contributed by atoms with Crippen LogP contribution in [0.3, 0.4) is 0 Å². The second-order valence-electron chi connectivity index (χ2n) is 3.58. The Morgan fingerprint density at radius 1 is 1.53 bits per heavy atom. The van der Waals surface area contributed by atoms with Gasteiger partial charge in [0.25, 0.3) is 0 Å². The standard InChI is InChI=1S/C10H14ClF3N2O/c1-2-9(11)8-5-15-16(6-8)3-4-17-7-10(12,13)14/h5-6,9H,2-4,7H2,1H3. The summed E-state index contributed by atoms with van der Waals surface area (Å²) in [7, 11) is 0. The van der Waals surface area contributed by atoms with Crippen molar-refractivity contribution in [1.29, 1.82) is 0 Å². The van der Waals surface area contributed by atoms with Crippen LogP contribution in [0, 0.1) is 0 Å². The molecular formula is C10H14ClF3N2O. The minimum absolute atomic E-state index is 0.0281. The summed E-state index contributed by atoms with van der Waals surface area (Å²) in [5.74, 6) is 0. The number of alkyl halides is 4. The van der Waals surface area contributed by atoms with E-state index in [1.54, 1.807) is 12.4 Å². The van der Waals surface area contributed by atoms with Crippen molar-refractivity contribution in [1.82, 2.24) is 9.78 Å².